The van der Waals surface area contributed by atoms with Crippen LogP contribution in [0.3, 0.4) is 0 Å². The number of ether oxygens (including phenoxy) is 1. The number of carbonyl (C=O) groups is 1. The number of benzene rings is 3. The maximum absolute atomic E-state index is 13.1. The van der Waals surface area contributed by atoms with Gasteiger partial charge in [-0.25, -0.2) is 0 Å². The number of nitrogens with one attached hydrogen (secondary N) is 2. The van der Waals surface area contributed by atoms with Crippen molar-refractivity contribution in [3.8, 4) is 5.75 Å². The summed E-state index contributed by atoms with van der Waals surface area (Å²) in [5.74, 6) is 0.570. The van der Waals surface area contributed by atoms with Crippen LogP contribution in [0.25, 0.3) is 5.70 Å². The predicted octanol–water partition coefficient (Wildman–Crippen LogP) is 4.45. The van der Waals surface area contributed by atoms with Gasteiger partial charge in [0.15, 0.2) is 0 Å². The number of hydrogen-bond donors (Lipinski definition) is 3. The van der Waals surface area contributed by atoms with Crippen molar-refractivity contribution in [2.45, 2.75) is 26.1 Å². The smallest absolute Gasteiger partial charge is 0.253 e. The summed E-state index contributed by atoms with van der Waals surface area (Å²) < 4.78 is 5.89. The minimum Gasteiger partial charge on any atom is -0.489 e. The fraction of sp³-hybridized carbons (Fsp3) is 0.160. The molecule has 1 aliphatic rings. The van der Waals surface area contributed by atoms with Gasteiger partial charge >= 0.3 is 0 Å². The lowest BCUT2D eigenvalue weighted by atomic mass is 9.98. The molecule has 3 aromatic carbocycles. The van der Waals surface area contributed by atoms with Gasteiger partial charge in [0, 0.05) is 28.1 Å². The van der Waals surface area contributed by atoms with Gasteiger partial charge in [-0.15, -0.1) is 0 Å². The molecular weight excluding hydrogens is 374 g/mol. The summed E-state index contributed by atoms with van der Waals surface area (Å²) in [6.45, 7) is 4.22. The Balaban J connectivity index is 1.51. The highest BCUT2D eigenvalue weighted by molar-refractivity contribution is 5.97. The molecule has 0 radical (unpaired) electrons. The Morgan fingerprint density at radius 2 is 1.73 bits per heavy atom. The number of para-hydroxylation sites is 1. The Bertz CT molecular complexity index is 1110. The third kappa shape index (κ3) is 4.15. The molecule has 1 atom stereocenters. The Kier molecular flexibility index (Phi) is 5.19. The average Bonchev–Trinajstić information content (AvgIpc) is 2.73. The van der Waals surface area contributed by atoms with Crippen molar-refractivity contribution < 1.29 is 9.53 Å². The standard InChI is InChI=1S/C25H25N3O2/c1-17-11-13-19(14-12-17)30-16-18-7-3-4-8-20(18)24(29)28-25(2)15-22(26)21-9-5-6-10-23(21)27-25/h3-15,27H,16,26H2,1-2H3,(H,28,29). The van der Waals surface area contributed by atoms with E-state index in [0.717, 1.165) is 22.6 Å². The van der Waals surface area contributed by atoms with Gasteiger partial charge in [-0.05, 0) is 44.2 Å². The minimum absolute atomic E-state index is 0.198. The van der Waals surface area contributed by atoms with E-state index in [9.17, 15) is 4.79 Å². The van der Waals surface area contributed by atoms with Gasteiger partial charge in [-0.3, -0.25) is 4.79 Å². The Morgan fingerprint density at radius 1 is 1.03 bits per heavy atom. The van der Waals surface area contributed by atoms with E-state index in [0.29, 0.717) is 17.9 Å². The average molecular weight is 399 g/mol. The number of aryl methyl sites for hydroxylation is 1. The van der Waals surface area contributed by atoms with E-state index in [1.165, 1.54) is 5.56 Å². The monoisotopic (exact) mass is 399 g/mol. The van der Waals surface area contributed by atoms with E-state index in [-0.39, 0.29) is 5.91 Å². The minimum atomic E-state index is -0.805. The molecule has 0 fully saturated rings. The van der Waals surface area contributed by atoms with Crippen LogP contribution in [0.4, 0.5) is 5.69 Å². The summed E-state index contributed by atoms with van der Waals surface area (Å²) in [6.07, 6.45) is 1.83. The molecule has 1 heterocycles. The van der Waals surface area contributed by atoms with Gasteiger partial charge < -0.3 is 21.1 Å². The van der Waals surface area contributed by atoms with Crippen LogP contribution in [0.5, 0.6) is 5.75 Å². The molecule has 1 aliphatic heterocycles. The van der Waals surface area contributed by atoms with Gasteiger partial charge in [0.1, 0.15) is 18.0 Å². The Labute approximate surface area is 176 Å². The van der Waals surface area contributed by atoms with Crippen molar-refractivity contribution in [3.63, 3.8) is 0 Å². The highest BCUT2D eigenvalue weighted by Gasteiger charge is 2.30. The van der Waals surface area contributed by atoms with Gasteiger partial charge in [0.05, 0.1) is 0 Å². The van der Waals surface area contributed by atoms with Crippen LogP contribution >= 0.6 is 0 Å². The molecule has 4 rings (SSSR count). The lowest BCUT2D eigenvalue weighted by molar-refractivity contribution is 0.0927. The molecule has 1 amide bonds. The second-order valence-corrected chi connectivity index (χ2v) is 7.69. The Morgan fingerprint density at radius 3 is 2.53 bits per heavy atom. The molecule has 5 heteroatoms. The zero-order valence-corrected chi connectivity index (χ0v) is 17.1. The summed E-state index contributed by atoms with van der Waals surface area (Å²) in [5, 5.41) is 6.43. The molecule has 0 saturated heterocycles. The topological polar surface area (TPSA) is 76.4 Å². The van der Waals surface area contributed by atoms with Gasteiger partial charge in [-0.2, -0.15) is 0 Å². The number of anilines is 1. The molecule has 0 aliphatic carbocycles. The molecule has 3 aromatic rings. The number of amides is 1. The summed E-state index contributed by atoms with van der Waals surface area (Å²) in [6, 6.07) is 23.1. The zero-order chi connectivity index (χ0) is 21.1. The van der Waals surface area contributed by atoms with E-state index < -0.39 is 5.66 Å². The van der Waals surface area contributed by atoms with E-state index in [1.54, 1.807) is 6.07 Å². The third-order valence-corrected chi connectivity index (χ3v) is 5.13. The zero-order valence-electron chi connectivity index (χ0n) is 17.1. The summed E-state index contributed by atoms with van der Waals surface area (Å²) in [5.41, 5.74) is 10.4. The van der Waals surface area contributed by atoms with Crippen molar-refractivity contribution in [3.05, 3.63) is 101 Å². The first-order valence-electron chi connectivity index (χ1n) is 9.89. The quantitative estimate of drug-likeness (QED) is 0.593. The Hall–Kier alpha value is -3.73. The second kappa shape index (κ2) is 7.95. The third-order valence-electron chi connectivity index (χ3n) is 5.13. The summed E-state index contributed by atoms with van der Waals surface area (Å²) in [7, 11) is 0. The first-order valence-corrected chi connectivity index (χ1v) is 9.89. The molecule has 30 heavy (non-hydrogen) atoms. The summed E-state index contributed by atoms with van der Waals surface area (Å²) >= 11 is 0. The van der Waals surface area contributed by atoms with Crippen LogP contribution in [0, 0.1) is 6.92 Å². The number of nitrogens with two attached hydrogens (primary N) is 1. The fourth-order valence-corrected chi connectivity index (χ4v) is 3.58. The van der Waals surface area contributed by atoms with Crippen molar-refractivity contribution in [1.29, 1.82) is 0 Å². The molecule has 0 spiro atoms. The highest BCUT2D eigenvalue weighted by atomic mass is 16.5. The van der Waals surface area contributed by atoms with E-state index >= 15 is 0 Å². The molecule has 0 bridgehead atoms. The van der Waals surface area contributed by atoms with Crippen LogP contribution in [-0.2, 0) is 6.61 Å². The normalized spacial score (nSPS) is 17.3. The van der Waals surface area contributed by atoms with Gasteiger partial charge in [0.25, 0.3) is 5.91 Å². The lowest BCUT2D eigenvalue weighted by Gasteiger charge is -2.35. The molecule has 1 unspecified atom stereocenters. The maximum Gasteiger partial charge on any atom is 0.253 e. The highest BCUT2D eigenvalue weighted by Crippen LogP contribution is 2.30. The van der Waals surface area contributed by atoms with E-state index in [1.807, 2.05) is 86.7 Å². The molecule has 0 saturated carbocycles. The predicted molar refractivity (Wildman–Crippen MR) is 120 cm³/mol. The number of hydrogen-bond acceptors (Lipinski definition) is 4. The molecule has 4 N–H and O–H groups in total. The largest absolute Gasteiger partial charge is 0.489 e. The second-order valence-electron chi connectivity index (χ2n) is 7.69. The van der Waals surface area contributed by atoms with E-state index in [2.05, 4.69) is 10.6 Å². The lowest BCUT2D eigenvalue weighted by Crippen LogP contribution is -2.52. The van der Waals surface area contributed by atoms with Crippen LogP contribution in [0.2, 0.25) is 0 Å². The number of carbonyl (C=O) groups excluding carboxylic acids is 1. The first-order chi connectivity index (χ1) is 14.4. The van der Waals surface area contributed by atoms with Crippen molar-refractivity contribution in [1.82, 2.24) is 5.32 Å². The SMILES string of the molecule is Cc1ccc(OCc2ccccc2C(=O)NC2(C)C=C(N)c3ccccc3N2)cc1. The van der Waals surface area contributed by atoms with Crippen molar-refractivity contribution in [2.24, 2.45) is 5.73 Å². The van der Waals surface area contributed by atoms with E-state index in [4.69, 9.17) is 10.5 Å². The van der Waals surface area contributed by atoms with Crippen molar-refractivity contribution in [2.75, 3.05) is 5.32 Å². The van der Waals surface area contributed by atoms with Crippen LogP contribution in [-0.4, -0.2) is 11.6 Å². The van der Waals surface area contributed by atoms with Gasteiger partial charge in [0.2, 0.25) is 0 Å². The van der Waals surface area contributed by atoms with Crippen LogP contribution in [0.1, 0.15) is 34.0 Å². The molecular formula is C25H25N3O2. The molecule has 5 nitrogen and oxygen atoms in total. The first kappa shape index (κ1) is 19.6. The number of fused-ring (bicyclic) bond motifs is 1. The molecule has 0 aromatic heterocycles. The molecule has 152 valence electrons. The maximum atomic E-state index is 13.1. The summed E-state index contributed by atoms with van der Waals surface area (Å²) in [4.78, 5) is 13.1. The van der Waals surface area contributed by atoms with Crippen LogP contribution < -0.4 is 21.1 Å². The number of rotatable bonds is 5. The van der Waals surface area contributed by atoms with Crippen molar-refractivity contribution >= 4 is 17.3 Å². The fourth-order valence-electron chi connectivity index (χ4n) is 3.58. The van der Waals surface area contributed by atoms with Gasteiger partial charge in [-0.1, -0.05) is 54.1 Å². The van der Waals surface area contributed by atoms with Crippen LogP contribution in [0.15, 0.2) is 78.9 Å².